The molecule has 1 aliphatic rings. The molecular formula is C11H16N2O. The van der Waals surface area contributed by atoms with Crippen molar-refractivity contribution in [3.8, 4) is 0 Å². The van der Waals surface area contributed by atoms with Gasteiger partial charge in [-0.1, -0.05) is 13.0 Å². The Bertz CT molecular complexity index is 304. The molecule has 3 nitrogen and oxygen atoms in total. The highest BCUT2D eigenvalue weighted by molar-refractivity contribution is 5.35. The van der Waals surface area contributed by atoms with Crippen LogP contribution in [0.25, 0.3) is 0 Å². The Morgan fingerprint density at radius 3 is 2.79 bits per heavy atom. The van der Waals surface area contributed by atoms with Gasteiger partial charge in [0.15, 0.2) is 0 Å². The van der Waals surface area contributed by atoms with Crippen LogP contribution in [0.3, 0.4) is 0 Å². The van der Waals surface area contributed by atoms with Crippen molar-refractivity contribution in [3.63, 3.8) is 0 Å². The van der Waals surface area contributed by atoms with E-state index in [0.717, 1.165) is 25.6 Å². The van der Waals surface area contributed by atoms with E-state index in [4.69, 9.17) is 4.74 Å². The molecule has 1 fully saturated rings. The summed E-state index contributed by atoms with van der Waals surface area (Å²) in [6, 6.07) is 4.08. The second kappa shape index (κ2) is 3.58. The SMILES string of the molecule is Cc1ccc(NCC2(C)COC2)nc1. The second-order valence-electron chi connectivity index (χ2n) is 4.38. The van der Waals surface area contributed by atoms with Crippen LogP contribution in [-0.2, 0) is 4.74 Å². The Hall–Kier alpha value is -1.09. The zero-order valence-corrected chi connectivity index (χ0v) is 8.71. The van der Waals surface area contributed by atoms with Crippen molar-refractivity contribution in [1.29, 1.82) is 0 Å². The molecule has 0 atom stereocenters. The molecule has 1 aromatic rings. The molecular weight excluding hydrogens is 176 g/mol. The Labute approximate surface area is 84.5 Å². The molecule has 0 unspecified atom stereocenters. The fraction of sp³-hybridized carbons (Fsp3) is 0.545. The van der Waals surface area contributed by atoms with E-state index >= 15 is 0 Å². The number of nitrogens with one attached hydrogen (secondary N) is 1. The summed E-state index contributed by atoms with van der Waals surface area (Å²) in [5.41, 5.74) is 1.49. The molecule has 0 bridgehead atoms. The zero-order chi connectivity index (χ0) is 10.0. The first-order valence-electron chi connectivity index (χ1n) is 4.92. The lowest BCUT2D eigenvalue weighted by atomic mass is 9.89. The summed E-state index contributed by atoms with van der Waals surface area (Å²) in [4.78, 5) is 4.29. The molecule has 3 heteroatoms. The summed E-state index contributed by atoms with van der Waals surface area (Å²) in [6.45, 7) is 6.90. The Morgan fingerprint density at radius 2 is 2.29 bits per heavy atom. The van der Waals surface area contributed by atoms with Crippen LogP contribution in [0.4, 0.5) is 5.82 Å². The van der Waals surface area contributed by atoms with Gasteiger partial charge in [0.2, 0.25) is 0 Å². The average molecular weight is 192 g/mol. The second-order valence-corrected chi connectivity index (χ2v) is 4.38. The van der Waals surface area contributed by atoms with Crippen LogP contribution in [-0.4, -0.2) is 24.7 Å². The lowest BCUT2D eigenvalue weighted by Gasteiger charge is -2.38. The maximum absolute atomic E-state index is 5.19. The van der Waals surface area contributed by atoms with E-state index in [2.05, 4.69) is 23.3 Å². The lowest BCUT2D eigenvalue weighted by molar-refractivity contribution is -0.0924. The number of ether oxygens (including phenoxy) is 1. The van der Waals surface area contributed by atoms with Crippen LogP contribution >= 0.6 is 0 Å². The number of pyridine rings is 1. The molecule has 0 amide bonds. The van der Waals surface area contributed by atoms with Crippen LogP contribution in [0.15, 0.2) is 18.3 Å². The van der Waals surface area contributed by atoms with Crippen LogP contribution in [0.1, 0.15) is 12.5 Å². The third kappa shape index (κ3) is 2.04. The smallest absolute Gasteiger partial charge is 0.125 e. The Balaban J connectivity index is 1.88. The highest BCUT2D eigenvalue weighted by Gasteiger charge is 2.32. The fourth-order valence-electron chi connectivity index (χ4n) is 1.43. The fourth-order valence-corrected chi connectivity index (χ4v) is 1.43. The summed E-state index contributed by atoms with van der Waals surface area (Å²) < 4.78 is 5.19. The van der Waals surface area contributed by atoms with E-state index in [0.29, 0.717) is 5.41 Å². The first-order chi connectivity index (χ1) is 6.68. The maximum atomic E-state index is 5.19. The standard InChI is InChI=1S/C11H16N2O/c1-9-3-4-10(12-5-9)13-6-11(2)7-14-8-11/h3-5H,6-8H2,1-2H3,(H,12,13). The monoisotopic (exact) mass is 192 g/mol. The molecule has 1 aliphatic heterocycles. The van der Waals surface area contributed by atoms with E-state index in [1.807, 2.05) is 19.2 Å². The molecule has 0 radical (unpaired) electrons. The predicted molar refractivity (Wildman–Crippen MR) is 56.4 cm³/mol. The van der Waals surface area contributed by atoms with Gasteiger partial charge in [-0.2, -0.15) is 0 Å². The van der Waals surface area contributed by atoms with Crippen LogP contribution < -0.4 is 5.32 Å². The molecule has 0 aliphatic carbocycles. The topological polar surface area (TPSA) is 34.1 Å². The predicted octanol–water partition coefficient (Wildman–Crippen LogP) is 1.84. The summed E-state index contributed by atoms with van der Waals surface area (Å²) in [7, 11) is 0. The van der Waals surface area contributed by atoms with Gasteiger partial charge in [-0.15, -0.1) is 0 Å². The number of hydrogen-bond acceptors (Lipinski definition) is 3. The van der Waals surface area contributed by atoms with E-state index in [9.17, 15) is 0 Å². The molecule has 2 heterocycles. The van der Waals surface area contributed by atoms with E-state index in [-0.39, 0.29) is 0 Å². The van der Waals surface area contributed by atoms with E-state index in [1.165, 1.54) is 5.56 Å². The number of aromatic nitrogens is 1. The van der Waals surface area contributed by atoms with Gasteiger partial charge < -0.3 is 10.1 Å². The van der Waals surface area contributed by atoms with Crippen molar-refractivity contribution in [1.82, 2.24) is 4.98 Å². The van der Waals surface area contributed by atoms with E-state index < -0.39 is 0 Å². The van der Waals surface area contributed by atoms with Gasteiger partial charge >= 0.3 is 0 Å². The van der Waals surface area contributed by atoms with Crippen molar-refractivity contribution >= 4 is 5.82 Å². The maximum Gasteiger partial charge on any atom is 0.125 e. The molecule has 1 N–H and O–H groups in total. The van der Waals surface area contributed by atoms with Crippen molar-refractivity contribution in [3.05, 3.63) is 23.9 Å². The molecule has 2 rings (SSSR count). The number of anilines is 1. The van der Waals surface area contributed by atoms with Gasteiger partial charge in [0, 0.05) is 18.2 Å². The molecule has 1 aromatic heterocycles. The van der Waals surface area contributed by atoms with Crippen molar-refractivity contribution in [2.45, 2.75) is 13.8 Å². The zero-order valence-electron chi connectivity index (χ0n) is 8.71. The third-order valence-corrected chi connectivity index (χ3v) is 2.51. The minimum absolute atomic E-state index is 0.298. The van der Waals surface area contributed by atoms with Gasteiger partial charge in [0.05, 0.1) is 13.2 Å². The number of nitrogens with zero attached hydrogens (tertiary/aromatic N) is 1. The third-order valence-electron chi connectivity index (χ3n) is 2.51. The van der Waals surface area contributed by atoms with Crippen LogP contribution in [0.2, 0.25) is 0 Å². The van der Waals surface area contributed by atoms with Gasteiger partial charge in [0.1, 0.15) is 5.82 Å². The van der Waals surface area contributed by atoms with Gasteiger partial charge in [-0.3, -0.25) is 0 Å². The Kier molecular flexibility index (Phi) is 2.42. The normalized spacial score (nSPS) is 18.7. The Morgan fingerprint density at radius 1 is 1.50 bits per heavy atom. The number of aryl methyl sites for hydroxylation is 1. The lowest BCUT2D eigenvalue weighted by Crippen LogP contribution is -2.45. The van der Waals surface area contributed by atoms with Gasteiger partial charge in [0.25, 0.3) is 0 Å². The number of hydrogen-bond donors (Lipinski definition) is 1. The largest absolute Gasteiger partial charge is 0.380 e. The molecule has 0 saturated carbocycles. The number of rotatable bonds is 3. The molecule has 1 saturated heterocycles. The van der Waals surface area contributed by atoms with Crippen LogP contribution in [0.5, 0.6) is 0 Å². The highest BCUT2D eigenvalue weighted by Crippen LogP contribution is 2.26. The molecule has 0 spiro atoms. The summed E-state index contributed by atoms with van der Waals surface area (Å²) >= 11 is 0. The summed E-state index contributed by atoms with van der Waals surface area (Å²) in [5, 5.41) is 3.32. The molecule has 14 heavy (non-hydrogen) atoms. The minimum Gasteiger partial charge on any atom is -0.380 e. The minimum atomic E-state index is 0.298. The highest BCUT2D eigenvalue weighted by atomic mass is 16.5. The average Bonchev–Trinajstić information content (AvgIpc) is 2.14. The van der Waals surface area contributed by atoms with Gasteiger partial charge in [-0.05, 0) is 18.6 Å². The first kappa shape index (κ1) is 9.46. The summed E-state index contributed by atoms with van der Waals surface area (Å²) in [6.07, 6.45) is 1.88. The molecule has 0 aromatic carbocycles. The van der Waals surface area contributed by atoms with Crippen molar-refractivity contribution in [2.75, 3.05) is 25.1 Å². The summed E-state index contributed by atoms with van der Waals surface area (Å²) in [5.74, 6) is 0.948. The van der Waals surface area contributed by atoms with Crippen molar-refractivity contribution in [2.24, 2.45) is 5.41 Å². The van der Waals surface area contributed by atoms with Gasteiger partial charge in [-0.25, -0.2) is 4.98 Å². The van der Waals surface area contributed by atoms with E-state index in [1.54, 1.807) is 0 Å². The quantitative estimate of drug-likeness (QED) is 0.793. The van der Waals surface area contributed by atoms with Crippen LogP contribution in [0, 0.1) is 12.3 Å². The van der Waals surface area contributed by atoms with Crippen molar-refractivity contribution < 1.29 is 4.74 Å². The molecule has 76 valence electrons. The first-order valence-corrected chi connectivity index (χ1v) is 4.92.